The summed E-state index contributed by atoms with van der Waals surface area (Å²) < 4.78 is 0. The van der Waals surface area contributed by atoms with Crippen molar-refractivity contribution >= 4 is 16.7 Å². The summed E-state index contributed by atoms with van der Waals surface area (Å²) in [7, 11) is 2.04. The molecule has 1 aromatic heterocycles. The molecule has 1 N–H and O–H groups in total. The molecule has 1 heterocycles. The molecule has 0 bridgehead atoms. The molecule has 3 heteroatoms. The lowest BCUT2D eigenvalue weighted by atomic mass is 10.0. The van der Waals surface area contributed by atoms with Gasteiger partial charge in [0.2, 0.25) is 0 Å². The second kappa shape index (κ2) is 5.57. The Kier molecular flexibility index (Phi) is 4.05. The average molecular weight is 258 g/mol. The molecular weight excluding hydrogens is 236 g/mol. The number of aromatic nitrogens is 1. The van der Waals surface area contributed by atoms with Crippen molar-refractivity contribution in [2.24, 2.45) is 5.92 Å². The van der Waals surface area contributed by atoms with Gasteiger partial charge in [0.05, 0.1) is 12.1 Å². The van der Waals surface area contributed by atoms with Crippen molar-refractivity contribution in [1.82, 2.24) is 4.98 Å². The highest BCUT2D eigenvalue weighted by Gasteiger charge is 2.18. The van der Waals surface area contributed by atoms with Crippen molar-refractivity contribution in [3.8, 4) is 0 Å². The van der Waals surface area contributed by atoms with Crippen LogP contribution in [-0.2, 0) is 6.61 Å². The molecule has 19 heavy (non-hydrogen) atoms. The lowest BCUT2D eigenvalue weighted by Crippen LogP contribution is -2.34. The average Bonchev–Trinajstić information content (AvgIpc) is 2.44. The zero-order valence-electron chi connectivity index (χ0n) is 12.1. The highest BCUT2D eigenvalue weighted by atomic mass is 16.3. The van der Waals surface area contributed by atoms with E-state index in [9.17, 15) is 5.11 Å². The van der Waals surface area contributed by atoms with Gasteiger partial charge in [-0.2, -0.15) is 0 Å². The van der Waals surface area contributed by atoms with Crippen LogP contribution in [0, 0.1) is 5.92 Å². The third-order valence-electron chi connectivity index (χ3n) is 3.86. The molecule has 1 unspecified atom stereocenters. The Morgan fingerprint density at radius 3 is 2.53 bits per heavy atom. The first kappa shape index (κ1) is 13.8. The topological polar surface area (TPSA) is 36.4 Å². The van der Waals surface area contributed by atoms with E-state index in [1.807, 2.05) is 37.4 Å². The zero-order chi connectivity index (χ0) is 14.0. The van der Waals surface area contributed by atoms with Crippen LogP contribution in [0.15, 0.2) is 30.3 Å². The molecule has 0 aliphatic rings. The maximum atomic E-state index is 9.58. The number of fused-ring (bicyclic) bond motifs is 1. The van der Waals surface area contributed by atoms with Crippen molar-refractivity contribution in [3.63, 3.8) is 0 Å². The number of rotatable bonds is 4. The Bertz CT molecular complexity index is 566. The van der Waals surface area contributed by atoms with Crippen molar-refractivity contribution in [2.75, 3.05) is 11.9 Å². The Morgan fingerprint density at radius 2 is 1.89 bits per heavy atom. The van der Waals surface area contributed by atoms with E-state index in [2.05, 4.69) is 25.7 Å². The van der Waals surface area contributed by atoms with Gasteiger partial charge in [-0.05, 0) is 25.0 Å². The molecular formula is C16H22N2O. The first-order valence-electron chi connectivity index (χ1n) is 6.77. The van der Waals surface area contributed by atoms with E-state index < -0.39 is 0 Å². The molecule has 102 valence electrons. The summed E-state index contributed by atoms with van der Waals surface area (Å²) in [5.41, 5.74) is 1.85. The van der Waals surface area contributed by atoms with Gasteiger partial charge in [0.25, 0.3) is 0 Å². The summed E-state index contributed by atoms with van der Waals surface area (Å²) in [6, 6.07) is 10.4. The summed E-state index contributed by atoms with van der Waals surface area (Å²) in [5.74, 6) is 1.41. The maximum Gasteiger partial charge on any atom is 0.134 e. The third-order valence-corrected chi connectivity index (χ3v) is 3.86. The molecule has 0 saturated heterocycles. The van der Waals surface area contributed by atoms with Crippen LogP contribution in [0.5, 0.6) is 0 Å². The number of nitrogens with zero attached hydrogens (tertiary/aromatic N) is 2. The molecule has 0 aliphatic heterocycles. The number of para-hydroxylation sites is 1. The van der Waals surface area contributed by atoms with Crippen molar-refractivity contribution < 1.29 is 5.11 Å². The Labute approximate surface area is 114 Å². The SMILES string of the molecule is CC(C)C(C)N(C)c1nc2ccccc2cc1CO. The van der Waals surface area contributed by atoms with Crippen LogP contribution in [0.25, 0.3) is 10.9 Å². The van der Waals surface area contributed by atoms with E-state index in [-0.39, 0.29) is 6.61 Å². The van der Waals surface area contributed by atoms with Gasteiger partial charge in [-0.25, -0.2) is 4.98 Å². The molecule has 1 aromatic carbocycles. The Hall–Kier alpha value is -1.61. The van der Waals surface area contributed by atoms with E-state index in [4.69, 9.17) is 4.98 Å². The second-order valence-corrected chi connectivity index (χ2v) is 5.42. The van der Waals surface area contributed by atoms with Gasteiger partial charge in [0.1, 0.15) is 5.82 Å². The predicted molar refractivity (Wildman–Crippen MR) is 80.4 cm³/mol. The van der Waals surface area contributed by atoms with Crippen LogP contribution in [0.3, 0.4) is 0 Å². The van der Waals surface area contributed by atoms with Gasteiger partial charge in [-0.1, -0.05) is 32.0 Å². The molecule has 2 rings (SSSR count). The first-order valence-corrected chi connectivity index (χ1v) is 6.77. The summed E-state index contributed by atoms with van der Waals surface area (Å²) in [6.07, 6.45) is 0. The van der Waals surface area contributed by atoms with Crippen molar-refractivity contribution in [1.29, 1.82) is 0 Å². The largest absolute Gasteiger partial charge is 0.392 e. The molecule has 0 saturated carbocycles. The number of aliphatic hydroxyl groups excluding tert-OH is 1. The van der Waals surface area contributed by atoms with Crippen LogP contribution in [-0.4, -0.2) is 23.2 Å². The molecule has 1 atom stereocenters. The van der Waals surface area contributed by atoms with Gasteiger partial charge < -0.3 is 10.0 Å². The van der Waals surface area contributed by atoms with E-state index in [0.717, 1.165) is 22.3 Å². The number of hydrogen-bond acceptors (Lipinski definition) is 3. The lowest BCUT2D eigenvalue weighted by molar-refractivity contribution is 0.281. The normalized spacial score (nSPS) is 12.9. The highest BCUT2D eigenvalue weighted by molar-refractivity contribution is 5.81. The molecule has 0 amide bonds. The quantitative estimate of drug-likeness (QED) is 0.915. The van der Waals surface area contributed by atoms with Gasteiger partial charge in [0.15, 0.2) is 0 Å². The number of benzene rings is 1. The fraction of sp³-hybridized carbons (Fsp3) is 0.438. The van der Waals surface area contributed by atoms with E-state index in [1.54, 1.807) is 0 Å². The predicted octanol–water partition coefficient (Wildman–Crippen LogP) is 3.21. The van der Waals surface area contributed by atoms with Gasteiger partial charge in [-0.15, -0.1) is 0 Å². The summed E-state index contributed by atoms with van der Waals surface area (Å²) in [4.78, 5) is 6.87. The van der Waals surface area contributed by atoms with Crippen molar-refractivity contribution in [2.45, 2.75) is 33.4 Å². The van der Waals surface area contributed by atoms with E-state index in [1.165, 1.54) is 0 Å². The van der Waals surface area contributed by atoms with Crippen LogP contribution in [0.4, 0.5) is 5.82 Å². The molecule has 0 aliphatic carbocycles. The Morgan fingerprint density at radius 1 is 1.21 bits per heavy atom. The van der Waals surface area contributed by atoms with Crippen LogP contribution in [0.1, 0.15) is 26.3 Å². The molecule has 3 nitrogen and oxygen atoms in total. The smallest absolute Gasteiger partial charge is 0.134 e. The second-order valence-electron chi connectivity index (χ2n) is 5.42. The third kappa shape index (κ3) is 2.71. The number of hydrogen-bond donors (Lipinski definition) is 1. The highest BCUT2D eigenvalue weighted by Crippen LogP contribution is 2.25. The fourth-order valence-electron chi connectivity index (χ4n) is 2.21. The minimum atomic E-state index is 0.0162. The summed E-state index contributed by atoms with van der Waals surface area (Å²) in [6.45, 7) is 6.59. The molecule has 0 fully saturated rings. The standard InChI is InChI=1S/C16H22N2O/c1-11(2)12(3)18(4)16-14(10-19)9-13-7-5-6-8-15(13)17-16/h5-9,11-12,19H,10H2,1-4H3. The Balaban J connectivity index is 2.51. The zero-order valence-corrected chi connectivity index (χ0v) is 12.1. The lowest BCUT2D eigenvalue weighted by Gasteiger charge is -2.30. The summed E-state index contributed by atoms with van der Waals surface area (Å²) in [5, 5.41) is 10.7. The monoisotopic (exact) mass is 258 g/mol. The van der Waals surface area contributed by atoms with Crippen molar-refractivity contribution in [3.05, 3.63) is 35.9 Å². The number of aliphatic hydroxyl groups is 1. The minimum Gasteiger partial charge on any atom is -0.392 e. The molecule has 0 radical (unpaired) electrons. The van der Waals surface area contributed by atoms with E-state index in [0.29, 0.717) is 12.0 Å². The molecule has 2 aromatic rings. The van der Waals surface area contributed by atoms with Crippen LogP contribution >= 0.6 is 0 Å². The van der Waals surface area contributed by atoms with Crippen LogP contribution < -0.4 is 4.90 Å². The van der Waals surface area contributed by atoms with Gasteiger partial charge >= 0.3 is 0 Å². The fourth-order valence-corrected chi connectivity index (χ4v) is 2.21. The minimum absolute atomic E-state index is 0.0162. The maximum absolute atomic E-state index is 9.58. The molecule has 0 spiro atoms. The number of anilines is 1. The number of pyridine rings is 1. The summed E-state index contributed by atoms with van der Waals surface area (Å²) >= 11 is 0. The van der Waals surface area contributed by atoms with Gasteiger partial charge in [-0.3, -0.25) is 0 Å². The van der Waals surface area contributed by atoms with E-state index >= 15 is 0 Å². The first-order chi connectivity index (χ1) is 9.04. The van der Waals surface area contributed by atoms with Crippen LogP contribution in [0.2, 0.25) is 0 Å². The van der Waals surface area contributed by atoms with Gasteiger partial charge in [0, 0.05) is 24.0 Å².